The molecular weight excluding hydrogens is 200 g/mol. The van der Waals surface area contributed by atoms with Gasteiger partial charge in [-0.2, -0.15) is 0 Å². The van der Waals surface area contributed by atoms with Gasteiger partial charge in [-0.3, -0.25) is 0 Å². The number of thiazole rings is 1. The van der Waals surface area contributed by atoms with Crippen LogP contribution in [0.5, 0.6) is 0 Å². The lowest BCUT2D eigenvalue weighted by molar-refractivity contribution is 0.687. The first-order valence-electron chi connectivity index (χ1n) is 4.00. The van der Waals surface area contributed by atoms with Gasteiger partial charge < -0.3 is 5.32 Å². The number of thiophene rings is 1. The third-order valence-corrected chi connectivity index (χ3v) is 3.41. The van der Waals surface area contributed by atoms with Gasteiger partial charge >= 0.3 is 0 Å². The quantitative estimate of drug-likeness (QED) is 0.842. The Morgan fingerprint density at radius 3 is 3.00 bits per heavy atom. The van der Waals surface area contributed by atoms with Crippen molar-refractivity contribution in [2.45, 2.75) is 6.04 Å². The molecule has 1 atom stereocenters. The lowest BCUT2D eigenvalue weighted by Gasteiger charge is -2.10. The summed E-state index contributed by atoms with van der Waals surface area (Å²) in [6, 6.07) is 4.45. The Morgan fingerprint density at radius 2 is 2.46 bits per heavy atom. The molecule has 0 aliphatic carbocycles. The maximum absolute atomic E-state index is 4.31. The fraction of sp³-hybridized carbons (Fsp3) is 0.222. The zero-order chi connectivity index (χ0) is 9.10. The molecule has 1 N–H and O–H groups in total. The fourth-order valence-corrected chi connectivity index (χ4v) is 2.68. The van der Waals surface area contributed by atoms with E-state index < -0.39 is 0 Å². The van der Waals surface area contributed by atoms with E-state index in [4.69, 9.17) is 0 Å². The summed E-state index contributed by atoms with van der Waals surface area (Å²) in [5, 5.41) is 7.43. The second-order valence-electron chi connectivity index (χ2n) is 2.65. The number of hydrogen-bond donors (Lipinski definition) is 1. The summed E-state index contributed by atoms with van der Waals surface area (Å²) in [6.07, 6.45) is 0. The Bertz CT molecular complexity index is 305. The van der Waals surface area contributed by atoms with E-state index in [1.807, 2.05) is 12.6 Å². The number of nitrogens with one attached hydrogen (secondary N) is 1. The second-order valence-corrected chi connectivity index (χ2v) is 4.35. The van der Waals surface area contributed by atoms with Crippen molar-refractivity contribution in [3.63, 3.8) is 0 Å². The van der Waals surface area contributed by atoms with Crippen molar-refractivity contribution in [2.75, 3.05) is 7.05 Å². The summed E-state index contributed by atoms with van der Waals surface area (Å²) in [7, 11) is 1.96. The molecule has 2 aromatic heterocycles. The van der Waals surface area contributed by atoms with Crippen LogP contribution in [-0.4, -0.2) is 12.0 Å². The van der Waals surface area contributed by atoms with Gasteiger partial charge in [0, 0.05) is 10.3 Å². The average molecular weight is 210 g/mol. The van der Waals surface area contributed by atoms with Crippen LogP contribution in [0.25, 0.3) is 0 Å². The molecule has 0 bridgehead atoms. The minimum absolute atomic E-state index is 0.256. The van der Waals surface area contributed by atoms with Crippen LogP contribution in [0, 0.1) is 0 Å². The minimum atomic E-state index is 0.256. The highest BCUT2D eigenvalue weighted by molar-refractivity contribution is 7.10. The predicted molar refractivity (Wildman–Crippen MR) is 57.3 cm³/mol. The van der Waals surface area contributed by atoms with E-state index >= 15 is 0 Å². The highest BCUT2D eigenvalue weighted by atomic mass is 32.1. The van der Waals surface area contributed by atoms with E-state index in [1.54, 1.807) is 22.7 Å². The highest BCUT2D eigenvalue weighted by Crippen LogP contribution is 2.24. The normalized spacial score (nSPS) is 13.0. The summed E-state index contributed by atoms with van der Waals surface area (Å²) >= 11 is 3.39. The number of aromatic nitrogens is 1. The van der Waals surface area contributed by atoms with Gasteiger partial charge in [0.15, 0.2) is 0 Å². The first-order chi connectivity index (χ1) is 6.42. The molecule has 0 aliphatic rings. The first kappa shape index (κ1) is 8.87. The van der Waals surface area contributed by atoms with Crippen LogP contribution in [0.4, 0.5) is 0 Å². The third-order valence-electron chi connectivity index (χ3n) is 1.86. The van der Waals surface area contributed by atoms with Crippen molar-refractivity contribution in [1.82, 2.24) is 10.3 Å². The smallest absolute Gasteiger partial charge is 0.0851 e. The van der Waals surface area contributed by atoms with Crippen LogP contribution in [0.3, 0.4) is 0 Å². The van der Waals surface area contributed by atoms with E-state index in [1.165, 1.54) is 4.88 Å². The van der Waals surface area contributed by atoms with Crippen LogP contribution in [0.2, 0.25) is 0 Å². The van der Waals surface area contributed by atoms with Crippen LogP contribution < -0.4 is 5.32 Å². The van der Waals surface area contributed by atoms with Crippen LogP contribution in [0.15, 0.2) is 28.4 Å². The van der Waals surface area contributed by atoms with Crippen molar-refractivity contribution >= 4 is 22.7 Å². The molecule has 0 aromatic carbocycles. The summed E-state index contributed by atoms with van der Waals surface area (Å²) in [4.78, 5) is 5.62. The second kappa shape index (κ2) is 4.00. The van der Waals surface area contributed by atoms with Gasteiger partial charge in [0.05, 0.1) is 17.2 Å². The van der Waals surface area contributed by atoms with E-state index in [9.17, 15) is 0 Å². The summed E-state index contributed by atoms with van der Waals surface area (Å²) < 4.78 is 0. The van der Waals surface area contributed by atoms with E-state index in [0.29, 0.717) is 0 Å². The Labute approximate surface area is 85.3 Å². The number of nitrogens with zero attached hydrogens (tertiary/aromatic N) is 1. The van der Waals surface area contributed by atoms with E-state index in [2.05, 4.69) is 33.2 Å². The van der Waals surface area contributed by atoms with Gasteiger partial charge in [-0.1, -0.05) is 6.07 Å². The molecule has 68 valence electrons. The zero-order valence-corrected chi connectivity index (χ0v) is 8.86. The molecule has 1 unspecified atom stereocenters. The molecule has 0 radical (unpaired) electrons. The van der Waals surface area contributed by atoms with Crippen molar-refractivity contribution in [3.05, 3.63) is 39.0 Å². The topological polar surface area (TPSA) is 24.9 Å². The summed E-state index contributed by atoms with van der Waals surface area (Å²) in [6.45, 7) is 0. The summed E-state index contributed by atoms with van der Waals surface area (Å²) in [5.41, 5.74) is 2.97. The Balaban J connectivity index is 2.29. The van der Waals surface area contributed by atoms with Crippen molar-refractivity contribution < 1.29 is 0 Å². The molecule has 2 aromatic rings. The molecule has 0 fully saturated rings. The number of rotatable bonds is 3. The maximum Gasteiger partial charge on any atom is 0.0851 e. The van der Waals surface area contributed by atoms with Gasteiger partial charge in [-0.05, 0) is 18.5 Å². The largest absolute Gasteiger partial charge is 0.307 e. The van der Waals surface area contributed by atoms with Crippen molar-refractivity contribution in [1.29, 1.82) is 0 Å². The fourth-order valence-electron chi connectivity index (χ4n) is 1.26. The van der Waals surface area contributed by atoms with E-state index in [-0.39, 0.29) is 6.04 Å². The molecule has 0 saturated carbocycles. The van der Waals surface area contributed by atoms with E-state index in [0.717, 1.165) is 5.69 Å². The monoisotopic (exact) mass is 210 g/mol. The lowest BCUT2D eigenvalue weighted by atomic mass is 10.2. The van der Waals surface area contributed by atoms with Crippen LogP contribution in [-0.2, 0) is 0 Å². The number of hydrogen-bond acceptors (Lipinski definition) is 4. The molecule has 0 aliphatic heterocycles. The SMILES string of the molecule is CNC(c1cscn1)c1cccs1. The first-order valence-corrected chi connectivity index (χ1v) is 5.83. The molecule has 0 amide bonds. The third kappa shape index (κ3) is 1.80. The van der Waals surface area contributed by atoms with Crippen LogP contribution in [0.1, 0.15) is 16.6 Å². The molecule has 0 spiro atoms. The predicted octanol–water partition coefficient (Wildman–Crippen LogP) is 2.51. The standard InChI is InChI=1S/C9H10N2S2/c1-10-9(7-5-12-6-11-7)8-3-2-4-13-8/h2-6,9-10H,1H3. The lowest BCUT2D eigenvalue weighted by Crippen LogP contribution is -2.16. The van der Waals surface area contributed by atoms with Gasteiger partial charge in [0.1, 0.15) is 0 Å². The zero-order valence-electron chi connectivity index (χ0n) is 7.23. The van der Waals surface area contributed by atoms with Crippen molar-refractivity contribution in [2.24, 2.45) is 0 Å². The average Bonchev–Trinajstić information content (AvgIpc) is 2.76. The Kier molecular flexibility index (Phi) is 2.73. The van der Waals surface area contributed by atoms with Crippen molar-refractivity contribution in [3.8, 4) is 0 Å². The molecule has 0 saturated heterocycles. The molecule has 2 rings (SSSR count). The van der Waals surface area contributed by atoms with Gasteiger partial charge in [-0.15, -0.1) is 22.7 Å². The minimum Gasteiger partial charge on any atom is -0.307 e. The molecular formula is C9H10N2S2. The molecule has 13 heavy (non-hydrogen) atoms. The maximum atomic E-state index is 4.31. The van der Waals surface area contributed by atoms with Crippen LogP contribution >= 0.6 is 22.7 Å². The van der Waals surface area contributed by atoms with Gasteiger partial charge in [0.2, 0.25) is 0 Å². The molecule has 4 heteroatoms. The summed E-state index contributed by atoms with van der Waals surface area (Å²) in [5.74, 6) is 0. The molecule has 2 heterocycles. The highest BCUT2D eigenvalue weighted by Gasteiger charge is 2.13. The Morgan fingerprint density at radius 1 is 1.54 bits per heavy atom. The molecule has 2 nitrogen and oxygen atoms in total. The Hall–Kier alpha value is -0.710. The van der Waals surface area contributed by atoms with Gasteiger partial charge in [-0.25, -0.2) is 4.98 Å². The van der Waals surface area contributed by atoms with Gasteiger partial charge in [0.25, 0.3) is 0 Å².